The molecule has 1 aliphatic heterocycles. The quantitative estimate of drug-likeness (QED) is 0.844. The van der Waals surface area contributed by atoms with Crippen LogP contribution in [-0.4, -0.2) is 54.5 Å². The van der Waals surface area contributed by atoms with Crippen LogP contribution in [0.25, 0.3) is 0 Å². The Bertz CT molecular complexity index is 349. The number of ether oxygens (including phenoxy) is 2. The van der Waals surface area contributed by atoms with Crippen LogP contribution >= 0.6 is 0 Å². The molecule has 19 heavy (non-hydrogen) atoms. The number of rotatable bonds is 4. The lowest BCUT2D eigenvalue weighted by Gasteiger charge is -2.28. The summed E-state index contributed by atoms with van der Waals surface area (Å²) in [4.78, 5) is 24.5. The van der Waals surface area contributed by atoms with Crippen LogP contribution in [0.2, 0.25) is 0 Å². The number of carbonyl (C=O) groups excluding carboxylic acids is 1. The van der Waals surface area contributed by atoms with E-state index in [1.807, 2.05) is 0 Å². The van der Waals surface area contributed by atoms with Crippen LogP contribution in [0.4, 0.5) is 4.79 Å². The second-order valence-electron chi connectivity index (χ2n) is 6.16. The van der Waals surface area contributed by atoms with Gasteiger partial charge in [-0.15, -0.1) is 0 Å². The summed E-state index contributed by atoms with van der Waals surface area (Å²) in [5.41, 5.74) is -1.05. The fourth-order valence-electron chi connectivity index (χ4n) is 2.36. The minimum atomic E-state index is -0.872. The number of aliphatic carboxylic acids is 1. The van der Waals surface area contributed by atoms with E-state index >= 15 is 0 Å². The van der Waals surface area contributed by atoms with Crippen LogP contribution in [0.5, 0.6) is 0 Å². The molecular weight excluding hydrogens is 250 g/mol. The fraction of sp³-hybridized carbons (Fsp3) is 0.846. The molecule has 1 aliphatic rings. The van der Waals surface area contributed by atoms with Crippen molar-refractivity contribution in [1.82, 2.24) is 4.90 Å². The molecule has 6 nitrogen and oxygen atoms in total. The predicted octanol–water partition coefficient (Wildman–Crippen LogP) is 1.73. The van der Waals surface area contributed by atoms with Crippen molar-refractivity contribution in [3.8, 4) is 0 Å². The highest BCUT2D eigenvalue weighted by Crippen LogP contribution is 2.35. The second kappa shape index (κ2) is 5.77. The minimum absolute atomic E-state index is 0.000137. The summed E-state index contributed by atoms with van der Waals surface area (Å²) in [6.45, 7) is 6.62. The first-order valence-electron chi connectivity index (χ1n) is 6.36. The number of nitrogens with zero attached hydrogens (tertiary/aromatic N) is 1. The Labute approximate surface area is 113 Å². The number of hydrogen-bond donors (Lipinski definition) is 1. The lowest BCUT2D eigenvalue weighted by Crippen LogP contribution is -2.38. The number of carboxylic acids is 1. The first-order chi connectivity index (χ1) is 8.67. The summed E-state index contributed by atoms with van der Waals surface area (Å²) in [6.07, 6.45) is 0.225. The van der Waals surface area contributed by atoms with Crippen molar-refractivity contribution < 1.29 is 24.2 Å². The van der Waals surface area contributed by atoms with Gasteiger partial charge in [-0.05, 0) is 27.2 Å². The van der Waals surface area contributed by atoms with Gasteiger partial charge in [0.2, 0.25) is 0 Å². The molecule has 0 aromatic carbocycles. The molecule has 1 heterocycles. The average Bonchev–Trinajstić information content (AvgIpc) is 2.59. The average molecular weight is 273 g/mol. The highest BCUT2D eigenvalue weighted by molar-refractivity contribution is 5.70. The maximum atomic E-state index is 12.0. The van der Waals surface area contributed by atoms with Gasteiger partial charge in [0, 0.05) is 25.6 Å². The molecule has 0 saturated carbocycles. The van der Waals surface area contributed by atoms with E-state index in [9.17, 15) is 9.59 Å². The number of carboxylic acid groups (broad SMARTS) is 1. The third kappa shape index (κ3) is 4.70. The lowest BCUT2D eigenvalue weighted by atomic mass is 9.84. The lowest BCUT2D eigenvalue weighted by molar-refractivity contribution is -0.140. The first-order valence-corrected chi connectivity index (χ1v) is 6.36. The standard InChI is InChI=1S/C13H23NO5/c1-12(2,3)19-11(17)14-6-5-13(8-14,9-18-4)7-10(15)16/h5-9H2,1-4H3,(H,15,16). The zero-order valence-electron chi connectivity index (χ0n) is 12.1. The van der Waals surface area contributed by atoms with Gasteiger partial charge in [-0.1, -0.05) is 0 Å². The highest BCUT2D eigenvalue weighted by atomic mass is 16.6. The van der Waals surface area contributed by atoms with E-state index in [2.05, 4.69) is 0 Å². The largest absolute Gasteiger partial charge is 0.481 e. The van der Waals surface area contributed by atoms with Crippen molar-refractivity contribution in [3.05, 3.63) is 0 Å². The molecule has 0 aromatic rings. The van der Waals surface area contributed by atoms with Gasteiger partial charge in [0.25, 0.3) is 0 Å². The van der Waals surface area contributed by atoms with Crippen molar-refractivity contribution in [3.63, 3.8) is 0 Å². The summed E-state index contributed by atoms with van der Waals surface area (Å²) in [6, 6.07) is 0. The molecule has 6 heteroatoms. The van der Waals surface area contributed by atoms with Crippen molar-refractivity contribution in [1.29, 1.82) is 0 Å². The Kier molecular flexibility index (Phi) is 4.79. The Hall–Kier alpha value is -1.30. The molecule has 1 rings (SSSR count). The van der Waals surface area contributed by atoms with E-state index in [1.165, 1.54) is 0 Å². The number of amides is 1. The smallest absolute Gasteiger partial charge is 0.410 e. The zero-order valence-corrected chi connectivity index (χ0v) is 12.1. The first kappa shape index (κ1) is 15.8. The van der Waals surface area contributed by atoms with E-state index < -0.39 is 23.1 Å². The Morgan fingerprint density at radius 2 is 2.00 bits per heavy atom. The van der Waals surface area contributed by atoms with Crippen LogP contribution < -0.4 is 0 Å². The van der Waals surface area contributed by atoms with E-state index in [1.54, 1.807) is 32.8 Å². The van der Waals surface area contributed by atoms with Gasteiger partial charge >= 0.3 is 12.1 Å². The van der Waals surface area contributed by atoms with Gasteiger partial charge in [-0.25, -0.2) is 4.79 Å². The zero-order chi connectivity index (χ0) is 14.7. The van der Waals surface area contributed by atoms with Crippen molar-refractivity contribution in [2.75, 3.05) is 26.8 Å². The van der Waals surface area contributed by atoms with Crippen LogP contribution in [-0.2, 0) is 14.3 Å². The third-order valence-corrected chi connectivity index (χ3v) is 3.07. The van der Waals surface area contributed by atoms with E-state index in [-0.39, 0.29) is 6.42 Å². The van der Waals surface area contributed by atoms with E-state index in [0.29, 0.717) is 26.1 Å². The number of methoxy groups -OCH3 is 1. The molecule has 1 N–H and O–H groups in total. The van der Waals surface area contributed by atoms with Crippen LogP contribution in [0.3, 0.4) is 0 Å². The van der Waals surface area contributed by atoms with Crippen LogP contribution in [0, 0.1) is 5.41 Å². The second-order valence-corrected chi connectivity index (χ2v) is 6.16. The van der Waals surface area contributed by atoms with Gasteiger partial charge < -0.3 is 19.5 Å². The van der Waals surface area contributed by atoms with Crippen LogP contribution in [0.15, 0.2) is 0 Å². The number of hydrogen-bond acceptors (Lipinski definition) is 4. The Balaban J connectivity index is 2.68. The van der Waals surface area contributed by atoms with Crippen LogP contribution in [0.1, 0.15) is 33.6 Å². The predicted molar refractivity (Wildman–Crippen MR) is 69.0 cm³/mol. The molecule has 1 amide bonds. The SMILES string of the molecule is COCC1(CC(=O)O)CCN(C(=O)OC(C)(C)C)C1. The van der Waals surface area contributed by atoms with E-state index in [4.69, 9.17) is 14.6 Å². The summed E-state index contributed by atoms with van der Waals surface area (Å²) in [7, 11) is 1.54. The fourth-order valence-corrected chi connectivity index (χ4v) is 2.36. The molecule has 0 bridgehead atoms. The Morgan fingerprint density at radius 3 is 2.47 bits per heavy atom. The van der Waals surface area contributed by atoms with Gasteiger partial charge in [-0.2, -0.15) is 0 Å². The summed E-state index contributed by atoms with van der Waals surface area (Å²) < 4.78 is 10.4. The summed E-state index contributed by atoms with van der Waals surface area (Å²) in [5, 5.41) is 8.99. The summed E-state index contributed by atoms with van der Waals surface area (Å²) >= 11 is 0. The van der Waals surface area contributed by atoms with Crippen molar-refractivity contribution >= 4 is 12.1 Å². The highest BCUT2D eigenvalue weighted by Gasteiger charge is 2.42. The van der Waals surface area contributed by atoms with Gasteiger partial charge in [0.1, 0.15) is 5.60 Å². The molecular formula is C13H23NO5. The van der Waals surface area contributed by atoms with Crippen molar-refractivity contribution in [2.24, 2.45) is 5.41 Å². The number of likely N-dealkylation sites (tertiary alicyclic amines) is 1. The Morgan fingerprint density at radius 1 is 1.37 bits per heavy atom. The molecule has 0 radical (unpaired) electrons. The topological polar surface area (TPSA) is 76.1 Å². The molecule has 1 unspecified atom stereocenters. The molecule has 0 aliphatic carbocycles. The maximum Gasteiger partial charge on any atom is 0.410 e. The van der Waals surface area contributed by atoms with Crippen molar-refractivity contribution in [2.45, 2.75) is 39.2 Å². The van der Waals surface area contributed by atoms with E-state index in [0.717, 1.165) is 0 Å². The molecule has 1 fully saturated rings. The molecule has 1 atom stereocenters. The molecule has 0 spiro atoms. The van der Waals surface area contributed by atoms with Gasteiger partial charge in [-0.3, -0.25) is 4.79 Å². The maximum absolute atomic E-state index is 12.0. The minimum Gasteiger partial charge on any atom is -0.481 e. The monoisotopic (exact) mass is 273 g/mol. The summed E-state index contributed by atoms with van der Waals surface area (Å²) in [5.74, 6) is -0.872. The molecule has 0 aromatic heterocycles. The molecule has 1 saturated heterocycles. The normalized spacial score (nSPS) is 23.5. The third-order valence-electron chi connectivity index (χ3n) is 3.07. The number of carbonyl (C=O) groups is 2. The van der Waals surface area contributed by atoms with Gasteiger partial charge in [0.15, 0.2) is 0 Å². The molecule has 110 valence electrons. The van der Waals surface area contributed by atoms with Gasteiger partial charge in [0.05, 0.1) is 13.0 Å².